The predicted octanol–water partition coefficient (Wildman–Crippen LogP) is 2.60. The maximum atomic E-state index is 12.0. The molecular weight excluding hydrogens is 327 g/mol. The first-order chi connectivity index (χ1) is 10.5. The Morgan fingerprint density at radius 2 is 1.86 bits per heavy atom. The molecule has 0 heterocycles. The van der Waals surface area contributed by atoms with E-state index in [2.05, 4.69) is 10.6 Å². The van der Waals surface area contributed by atoms with Crippen molar-refractivity contribution in [2.24, 2.45) is 5.92 Å². The van der Waals surface area contributed by atoms with Crippen LogP contribution in [-0.4, -0.2) is 29.6 Å². The molecule has 0 radical (unpaired) electrons. The van der Waals surface area contributed by atoms with Gasteiger partial charge in [0.2, 0.25) is 0 Å². The van der Waals surface area contributed by atoms with Gasteiger partial charge in [0.05, 0.1) is 10.0 Å². The van der Waals surface area contributed by atoms with Crippen LogP contribution in [0.1, 0.15) is 25.7 Å². The highest BCUT2D eigenvalue weighted by Crippen LogP contribution is 2.25. The van der Waals surface area contributed by atoms with Crippen molar-refractivity contribution < 1.29 is 14.7 Å². The topological polar surface area (TPSA) is 78.4 Å². The highest BCUT2D eigenvalue weighted by molar-refractivity contribution is 6.43. The minimum absolute atomic E-state index is 0.00970. The van der Waals surface area contributed by atoms with Crippen molar-refractivity contribution in [1.82, 2.24) is 5.32 Å². The fraction of sp³-hybridized carbons (Fsp3) is 0.467. The number of aliphatic hydroxyl groups excluding tert-OH is 1. The normalized spacial score (nSPS) is 21.2. The van der Waals surface area contributed by atoms with Gasteiger partial charge in [-0.25, -0.2) is 0 Å². The fourth-order valence-corrected chi connectivity index (χ4v) is 2.91. The molecule has 2 rings (SSSR count). The van der Waals surface area contributed by atoms with Gasteiger partial charge in [0.15, 0.2) is 0 Å². The molecular formula is C15H18Cl2N2O3. The second-order valence-electron chi connectivity index (χ2n) is 5.39. The Bertz CT molecular complexity index is 566. The zero-order valence-electron chi connectivity index (χ0n) is 11.9. The summed E-state index contributed by atoms with van der Waals surface area (Å²) in [7, 11) is 0. The summed E-state index contributed by atoms with van der Waals surface area (Å²) in [5.41, 5.74) is 0.400. The van der Waals surface area contributed by atoms with E-state index in [0.29, 0.717) is 15.7 Å². The van der Waals surface area contributed by atoms with Crippen molar-refractivity contribution in [1.29, 1.82) is 0 Å². The molecule has 0 aromatic heterocycles. The van der Waals surface area contributed by atoms with Crippen LogP contribution in [-0.2, 0) is 9.59 Å². The first kappa shape index (κ1) is 17.1. The zero-order valence-corrected chi connectivity index (χ0v) is 13.5. The molecule has 120 valence electrons. The lowest BCUT2D eigenvalue weighted by molar-refractivity contribution is -0.137. The van der Waals surface area contributed by atoms with Crippen LogP contribution >= 0.6 is 23.2 Å². The molecule has 3 N–H and O–H groups in total. The number of nitrogens with one attached hydrogen (secondary N) is 2. The van der Waals surface area contributed by atoms with Crippen molar-refractivity contribution in [2.75, 3.05) is 11.9 Å². The summed E-state index contributed by atoms with van der Waals surface area (Å²) in [5.74, 6) is -1.47. The molecule has 2 unspecified atom stereocenters. The molecule has 22 heavy (non-hydrogen) atoms. The van der Waals surface area contributed by atoms with Crippen molar-refractivity contribution in [3.63, 3.8) is 0 Å². The van der Waals surface area contributed by atoms with Gasteiger partial charge in [-0.05, 0) is 31.0 Å². The van der Waals surface area contributed by atoms with Crippen LogP contribution in [0.5, 0.6) is 0 Å². The fourth-order valence-electron chi connectivity index (χ4n) is 2.61. The van der Waals surface area contributed by atoms with Gasteiger partial charge in [-0.1, -0.05) is 36.0 Å². The molecule has 1 aromatic rings. The Morgan fingerprint density at radius 3 is 2.55 bits per heavy atom. The summed E-state index contributed by atoms with van der Waals surface area (Å²) in [6.45, 7) is 0.0133. The standard InChI is InChI=1S/C15H18Cl2N2O3/c16-11-6-5-10(7-12(11)17)18-14(21)15(22)19-13-4-2-1-3-9(13)8-20/h5-7,9,13,20H,1-4,8H2,(H,18,21)(H,19,22). The van der Waals surface area contributed by atoms with E-state index >= 15 is 0 Å². The van der Waals surface area contributed by atoms with Crippen molar-refractivity contribution >= 4 is 40.7 Å². The number of carbonyl (C=O) groups excluding carboxylic acids is 2. The Labute approximate surface area is 139 Å². The number of hydrogen-bond donors (Lipinski definition) is 3. The van der Waals surface area contributed by atoms with Gasteiger partial charge in [-0.2, -0.15) is 0 Å². The number of anilines is 1. The molecule has 1 aliphatic rings. The predicted molar refractivity (Wildman–Crippen MR) is 86.1 cm³/mol. The highest BCUT2D eigenvalue weighted by atomic mass is 35.5. The van der Waals surface area contributed by atoms with Crippen molar-refractivity contribution in [3.05, 3.63) is 28.2 Å². The number of hydrogen-bond acceptors (Lipinski definition) is 3. The maximum Gasteiger partial charge on any atom is 0.313 e. The third-order valence-electron chi connectivity index (χ3n) is 3.84. The van der Waals surface area contributed by atoms with Gasteiger partial charge in [0.1, 0.15) is 0 Å². The van der Waals surface area contributed by atoms with Crippen LogP contribution in [0, 0.1) is 5.92 Å². The zero-order chi connectivity index (χ0) is 16.1. The number of aliphatic hydroxyl groups is 1. The molecule has 2 atom stereocenters. The lowest BCUT2D eigenvalue weighted by Gasteiger charge is -2.30. The van der Waals surface area contributed by atoms with E-state index in [4.69, 9.17) is 23.2 Å². The summed E-state index contributed by atoms with van der Waals surface area (Å²) in [6, 6.07) is 4.43. The smallest absolute Gasteiger partial charge is 0.313 e. The van der Waals surface area contributed by atoms with E-state index in [1.54, 1.807) is 12.1 Å². The summed E-state index contributed by atoms with van der Waals surface area (Å²) in [4.78, 5) is 23.9. The molecule has 0 aliphatic heterocycles. The summed E-state index contributed by atoms with van der Waals surface area (Å²) < 4.78 is 0. The summed E-state index contributed by atoms with van der Waals surface area (Å²) in [5, 5.41) is 15.2. The Morgan fingerprint density at radius 1 is 1.14 bits per heavy atom. The Balaban J connectivity index is 1.94. The van der Waals surface area contributed by atoms with Crippen LogP contribution < -0.4 is 10.6 Å². The Hall–Kier alpha value is -1.30. The lowest BCUT2D eigenvalue weighted by atomic mass is 9.85. The van der Waals surface area contributed by atoms with E-state index in [1.165, 1.54) is 6.07 Å². The van der Waals surface area contributed by atoms with Crippen LogP contribution in [0.4, 0.5) is 5.69 Å². The van der Waals surface area contributed by atoms with Crippen LogP contribution in [0.15, 0.2) is 18.2 Å². The molecule has 0 spiro atoms. The van der Waals surface area contributed by atoms with E-state index in [1.807, 2.05) is 0 Å². The number of carbonyl (C=O) groups is 2. The SMILES string of the molecule is O=C(Nc1ccc(Cl)c(Cl)c1)C(=O)NC1CCCCC1CO. The second-order valence-corrected chi connectivity index (χ2v) is 6.20. The third-order valence-corrected chi connectivity index (χ3v) is 4.58. The van der Waals surface area contributed by atoms with Gasteiger partial charge in [0.25, 0.3) is 0 Å². The number of amides is 2. The highest BCUT2D eigenvalue weighted by Gasteiger charge is 2.27. The van der Waals surface area contributed by atoms with E-state index < -0.39 is 11.8 Å². The molecule has 2 amide bonds. The largest absolute Gasteiger partial charge is 0.396 e. The van der Waals surface area contributed by atoms with Crippen molar-refractivity contribution in [3.8, 4) is 0 Å². The number of rotatable bonds is 3. The van der Waals surface area contributed by atoms with E-state index in [0.717, 1.165) is 25.7 Å². The average molecular weight is 345 g/mol. The molecule has 1 aliphatic carbocycles. The van der Waals surface area contributed by atoms with Crippen molar-refractivity contribution in [2.45, 2.75) is 31.7 Å². The third kappa shape index (κ3) is 4.35. The van der Waals surface area contributed by atoms with Gasteiger partial charge < -0.3 is 15.7 Å². The summed E-state index contributed by atoms with van der Waals surface area (Å²) >= 11 is 11.7. The minimum Gasteiger partial charge on any atom is -0.396 e. The number of benzene rings is 1. The quantitative estimate of drug-likeness (QED) is 0.737. The van der Waals surface area contributed by atoms with Gasteiger partial charge in [-0.3, -0.25) is 9.59 Å². The Kier molecular flexibility index (Phi) is 6.06. The monoisotopic (exact) mass is 344 g/mol. The average Bonchev–Trinajstić information content (AvgIpc) is 2.51. The van der Waals surface area contributed by atoms with E-state index in [9.17, 15) is 14.7 Å². The molecule has 0 bridgehead atoms. The number of halogens is 2. The summed E-state index contributed by atoms with van der Waals surface area (Å²) in [6.07, 6.45) is 3.65. The second kappa shape index (κ2) is 7.81. The molecule has 0 saturated heterocycles. The van der Waals surface area contributed by atoms with Crippen LogP contribution in [0.3, 0.4) is 0 Å². The molecule has 1 saturated carbocycles. The van der Waals surface area contributed by atoms with Crippen LogP contribution in [0.2, 0.25) is 10.0 Å². The van der Waals surface area contributed by atoms with E-state index in [-0.39, 0.29) is 18.6 Å². The van der Waals surface area contributed by atoms with Gasteiger partial charge in [0, 0.05) is 24.3 Å². The minimum atomic E-state index is -0.763. The molecule has 7 heteroatoms. The first-order valence-electron chi connectivity index (χ1n) is 7.19. The van der Waals surface area contributed by atoms with Gasteiger partial charge >= 0.3 is 11.8 Å². The molecule has 1 aromatic carbocycles. The van der Waals surface area contributed by atoms with Crippen LogP contribution in [0.25, 0.3) is 0 Å². The lowest BCUT2D eigenvalue weighted by Crippen LogP contribution is -2.47. The van der Waals surface area contributed by atoms with Gasteiger partial charge in [-0.15, -0.1) is 0 Å². The molecule has 1 fully saturated rings. The molecule has 5 nitrogen and oxygen atoms in total. The maximum absolute atomic E-state index is 12.0. The first-order valence-corrected chi connectivity index (χ1v) is 7.94.